The molecule has 0 bridgehead atoms. The normalized spacial score (nSPS) is 17.9. The summed E-state index contributed by atoms with van der Waals surface area (Å²) in [6, 6.07) is 19.7. The van der Waals surface area contributed by atoms with Crippen LogP contribution in [0, 0.1) is 0 Å². The summed E-state index contributed by atoms with van der Waals surface area (Å²) in [5.41, 5.74) is 9.60. The Bertz CT molecular complexity index is 1310. The molecule has 1 saturated carbocycles. The third-order valence-electron chi connectivity index (χ3n) is 6.31. The van der Waals surface area contributed by atoms with Crippen molar-refractivity contribution in [2.75, 3.05) is 5.73 Å². The zero-order chi connectivity index (χ0) is 23.5. The van der Waals surface area contributed by atoms with Gasteiger partial charge in [0, 0.05) is 23.5 Å². The molecule has 0 unspecified atom stereocenters. The smallest absolute Gasteiger partial charge is 0.243 e. The molecule has 1 amide bonds. The molecule has 3 N–H and O–H groups in total. The number of benzene rings is 2. The highest BCUT2D eigenvalue weighted by molar-refractivity contribution is 5.99. The van der Waals surface area contributed by atoms with Crippen LogP contribution in [-0.2, 0) is 4.79 Å². The Morgan fingerprint density at radius 3 is 2.44 bits per heavy atom. The second-order valence-corrected chi connectivity index (χ2v) is 8.55. The van der Waals surface area contributed by atoms with Crippen molar-refractivity contribution in [2.24, 2.45) is 0 Å². The number of para-hydroxylation sites is 1. The number of hydrogen-bond donors (Lipinski definition) is 2. The van der Waals surface area contributed by atoms with Gasteiger partial charge in [-0.1, -0.05) is 24.8 Å². The van der Waals surface area contributed by atoms with Gasteiger partial charge in [0.2, 0.25) is 5.91 Å². The number of anilines is 1. The minimum atomic E-state index is -0.121. The van der Waals surface area contributed by atoms with Crippen molar-refractivity contribution in [2.45, 2.75) is 37.8 Å². The van der Waals surface area contributed by atoms with Gasteiger partial charge in [0.1, 0.15) is 17.2 Å². The average molecular weight is 454 g/mol. The van der Waals surface area contributed by atoms with Crippen LogP contribution < -0.4 is 15.8 Å². The first-order valence-corrected chi connectivity index (χ1v) is 11.5. The molecule has 0 aliphatic heterocycles. The van der Waals surface area contributed by atoms with Crippen LogP contribution in [-0.4, -0.2) is 26.7 Å². The maximum absolute atomic E-state index is 11.7. The van der Waals surface area contributed by atoms with Crippen LogP contribution in [0.2, 0.25) is 0 Å². The van der Waals surface area contributed by atoms with Gasteiger partial charge in [0.15, 0.2) is 5.65 Å². The van der Waals surface area contributed by atoms with Crippen molar-refractivity contribution in [3.8, 4) is 22.8 Å². The number of fused-ring (bicyclic) bond motifs is 1. The summed E-state index contributed by atoms with van der Waals surface area (Å²) >= 11 is 0. The van der Waals surface area contributed by atoms with Crippen LogP contribution in [0.3, 0.4) is 0 Å². The van der Waals surface area contributed by atoms with Crippen molar-refractivity contribution in [3.63, 3.8) is 0 Å². The number of pyridine rings is 1. The lowest BCUT2D eigenvalue weighted by Gasteiger charge is -2.29. The number of amides is 1. The van der Waals surface area contributed by atoms with Crippen molar-refractivity contribution in [1.82, 2.24) is 20.1 Å². The SMILES string of the molecule is C=CC(=O)NC1CCC(n2nc(-c3ccc(Oc4ccccc4)cc3)c3c(N)ccnc32)CC1. The molecule has 2 aromatic carbocycles. The van der Waals surface area contributed by atoms with E-state index in [-0.39, 0.29) is 18.0 Å². The Hall–Kier alpha value is -4.13. The Morgan fingerprint density at radius 1 is 1.03 bits per heavy atom. The number of nitrogens with zero attached hydrogens (tertiary/aromatic N) is 3. The first-order chi connectivity index (χ1) is 16.6. The highest BCUT2D eigenvalue weighted by atomic mass is 16.5. The number of nitrogen functional groups attached to an aromatic ring is 1. The van der Waals surface area contributed by atoms with E-state index in [1.165, 1.54) is 6.08 Å². The molecule has 7 nitrogen and oxygen atoms in total. The molecule has 1 aliphatic rings. The van der Waals surface area contributed by atoms with E-state index in [2.05, 4.69) is 16.9 Å². The molecule has 7 heteroatoms. The van der Waals surface area contributed by atoms with Gasteiger partial charge in [-0.15, -0.1) is 0 Å². The van der Waals surface area contributed by atoms with Gasteiger partial charge in [-0.05, 0) is 74.2 Å². The lowest BCUT2D eigenvalue weighted by Crippen LogP contribution is -2.37. The number of nitrogens with one attached hydrogen (secondary N) is 1. The maximum atomic E-state index is 11.7. The highest BCUT2D eigenvalue weighted by Crippen LogP contribution is 2.37. The standard InChI is InChI=1S/C27H27N5O2/c1-2-24(33)30-19-10-12-20(13-11-19)32-27-25(23(28)16-17-29-27)26(31-32)18-8-14-22(15-9-18)34-21-6-4-3-5-7-21/h2-9,14-17,19-20H,1,10-13H2,(H2,28,29)(H,30,33). The lowest BCUT2D eigenvalue weighted by atomic mass is 9.91. The molecule has 2 aromatic heterocycles. The molecule has 0 radical (unpaired) electrons. The van der Waals surface area contributed by atoms with Crippen molar-refractivity contribution in [1.29, 1.82) is 0 Å². The van der Waals surface area contributed by atoms with E-state index in [1.54, 1.807) is 6.20 Å². The van der Waals surface area contributed by atoms with Crippen LogP contribution >= 0.6 is 0 Å². The fourth-order valence-electron chi connectivity index (χ4n) is 4.57. The zero-order valence-corrected chi connectivity index (χ0v) is 18.9. The fourth-order valence-corrected chi connectivity index (χ4v) is 4.57. The molecular formula is C27H27N5O2. The molecule has 5 rings (SSSR count). The van der Waals surface area contributed by atoms with Crippen LogP contribution in [0.4, 0.5) is 5.69 Å². The van der Waals surface area contributed by atoms with E-state index in [0.717, 1.165) is 59.5 Å². The molecule has 1 fully saturated rings. The van der Waals surface area contributed by atoms with Gasteiger partial charge < -0.3 is 15.8 Å². The summed E-state index contributed by atoms with van der Waals surface area (Å²) in [6.45, 7) is 3.53. The van der Waals surface area contributed by atoms with E-state index in [9.17, 15) is 4.79 Å². The molecular weight excluding hydrogens is 426 g/mol. The minimum Gasteiger partial charge on any atom is -0.457 e. The number of ether oxygens (including phenoxy) is 1. The first-order valence-electron chi connectivity index (χ1n) is 11.5. The number of nitrogens with two attached hydrogens (primary N) is 1. The molecule has 0 spiro atoms. The number of rotatable bonds is 6. The third kappa shape index (κ3) is 4.37. The zero-order valence-electron chi connectivity index (χ0n) is 18.9. The number of carbonyl (C=O) groups is 1. The maximum Gasteiger partial charge on any atom is 0.243 e. The molecule has 2 heterocycles. The molecule has 4 aromatic rings. The summed E-state index contributed by atoms with van der Waals surface area (Å²) in [6.07, 6.45) is 6.62. The topological polar surface area (TPSA) is 95.1 Å². The van der Waals surface area contributed by atoms with E-state index < -0.39 is 0 Å². The Labute approximate surface area is 198 Å². The van der Waals surface area contributed by atoms with Gasteiger partial charge in [0.25, 0.3) is 0 Å². The molecule has 172 valence electrons. The number of carbonyl (C=O) groups excluding carboxylic acids is 1. The molecule has 1 aliphatic carbocycles. The summed E-state index contributed by atoms with van der Waals surface area (Å²) in [7, 11) is 0. The fraction of sp³-hybridized carbons (Fsp3) is 0.222. The predicted molar refractivity (Wildman–Crippen MR) is 134 cm³/mol. The van der Waals surface area contributed by atoms with E-state index in [1.807, 2.05) is 65.3 Å². The minimum absolute atomic E-state index is 0.121. The summed E-state index contributed by atoms with van der Waals surface area (Å²) in [5, 5.41) is 8.86. The van der Waals surface area contributed by atoms with Gasteiger partial charge in [0.05, 0.1) is 11.4 Å². The van der Waals surface area contributed by atoms with E-state index in [4.69, 9.17) is 15.6 Å². The largest absolute Gasteiger partial charge is 0.457 e. The highest BCUT2D eigenvalue weighted by Gasteiger charge is 2.27. The van der Waals surface area contributed by atoms with Gasteiger partial charge in [-0.25, -0.2) is 9.67 Å². The molecule has 34 heavy (non-hydrogen) atoms. The van der Waals surface area contributed by atoms with Crippen LogP contribution in [0.15, 0.2) is 79.5 Å². The van der Waals surface area contributed by atoms with Gasteiger partial charge in [-0.2, -0.15) is 5.10 Å². The Kier molecular flexibility index (Phi) is 5.99. The van der Waals surface area contributed by atoms with E-state index in [0.29, 0.717) is 5.69 Å². The Balaban J connectivity index is 1.42. The van der Waals surface area contributed by atoms with Crippen molar-refractivity contribution in [3.05, 3.63) is 79.5 Å². The summed E-state index contributed by atoms with van der Waals surface area (Å²) in [4.78, 5) is 16.3. The van der Waals surface area contributed by atoms with Gasteiger partial charge in [-0.3, -0.25) is 4.79 Å². The van der Waals surface area contributed by atoms with Crippen molar-refractivity contribution < 1.29 is 9.53 Å². The number of hydrogen-bond acceptors (Lipinski definition) is 5. The average Bonchev–Trinajstić information content (AvgIpc) is 3.26. The van der Waals surface area contributed by atoms with Crippen LogP contribution in [0.25, 0.3) is 22.3 Å². The van der Waals surface area contributed by atoms with Crippen LogP contribution in [0.5, 0.6) is 11.5 Å². The van der Waals surface area contributed by atoms with Crippen molar-refractivity contribution >= 4 is 22.6 Å². The van der Waals surface area contributed by atoms with Crippen LogP contribution in [0.1, 0.15) is 31.7 Å². The quantitative estimate of drug-likeness (QED) is 0.388. The Morgan fingerprint density at radius 2 is 1.74 bits per heavy atom. The monoisotopic (exact) mass is 453 g/mol. The third-order valence-corrected chi connectivity index (χ3v) is 6.31. The molecule has 0 saturated heterocycles. The lowest BCUT2D eigenvalue weighted by molar-refractivity contribution is -0.117. The van der Waals surface area contributed by atoms with E-state index >= 15 is 0 Å². The first kappa shape index (κ1) is 21.7. The van der Waals surface area contributed by atoms with Gasteiger partial charge >= 0.3 is 0 Å². The molecule has 0 atom stereocenters. The summed E-state index contributed by atoms with van der Waals surface area (Å²) < 4.78 is 7.94. The number of aromatic nitrogens is 3. The second-order valence-electron chi connectivity index (χ2n) is 8.55. The predicted octanol–water partition coefficient (Wildman–Crippen LogP) is 5.26. The second kappa shape index (κ2) is 9.39. The summed E-state index contributed by atoms with van der Waals surface area (Å²) in [5.74, 6) is 1.42.